The zero-order valence-electron chi connectivity index (χ0n) is 14.6. The van der Waals surface area contributed by atoms with Gasteiger partial charge in [-0.25, -0.2) is 14.8 Å². The number of hydrogen-bond donors (Lipinski definition) is 1. The number of rotatable bonds is 5. The lowest BCUT2D eigenvalue weighted by Gasteiger charge is -2.06. The van der Waals surface area contributed by atoms with Crippen LogP contribution in [0.25, 0.3) is 0 Å². The Bertz CT molecular complexity index is 849. The molecular formula is C19H19N3O3S. The molecule has 2 aromatic rings. The summed E-state index contributed by atoms with van der Waals surface area (Å²) in [5, 5.41) is 3.10. The quantitative estimate of drug-likeness (QED) is 0.820. The van der Waals surface area contributed by atoms with Crippen LogP contribution >= 0.6 is 11.8 Å². The van der Waals surface area contributed by atoms with Crippen LogP contribution in [0.1, 0.15) is 28.5 Å². The van der Waals surface area contributed by atoms with E-state index in [1.165, 1.54) is 11.8 Å². The Morgan fingerprint density at radius 3 is 2.73 bits per heavy atom. The van der Waals surface area contributed by atoms with E-state index in [-0.39, 0.29) is 17.1 Å². The highest BCUT2D eigenvalue weighted by Crippen LogP contribution is 2.25. The number of amidine groups is 1. The number of aromatic nitrogens is 1. The predicted octanol–water partition coefficient (Wildman–Crippen LogP) is 3.03. The number of aliphatic imine (C=N–C) groups is 1. The van der Waals surface area contributed by atoms with E-state index in [1.54, 1.807) is 25.1 Å². The van der Waals surface area contributed by atoms with Gasteiger partial charge in [0.25, 0.3) is 0 Å². The molecule has 0 saturated carbocycles. The first-order valence-electron chi connectivity index (χ1n) is 8.31. The number of hydrogen-bond acceptors (Lipinski definition) is 6. The van der Waals surface area contributed by atoms with Gasteiger partial charge in [0.15, 0.2) is 11.0 Å². The number of benzene rings is 1. The number of nitrogens with one attached hydrogen (secondary N) is 1. The predicted molar refractivity (Wildman–Crippen MR) is 102 cm³/mol. The Morgan fingerprint density at radius 1 is 1.27 bits per heavy atom. The van der Waals surface area contributed by atoms with Gasteiger partial charge in [-0.05, 0) is 50.1 Å². The summed E-state index contributed by atoms with van der Waals surface area (Å²) < 4.78 is 4.97. The fourth-order valence-electron chi connectivity index (χ4n) is 2.49. The number of thioether (sulfide) groups is 1. The van der Waals surface area contributed by atoms with Crippen molar-refractivity contribution in [2.75, 3.05) is 6.61 Å². The van der Waals surface area contributed by atoms with Crippen molar-refractivity contribution in [2.45, 2.75) is 25.5 Å². The summed E-state index contributed by atoms with van der Waals surface area (Å²) >= 11 is 1.39. The second-order valence-corrected chi connectivity index (χ2v) is 6.96. The smallest absolute Gasteiger partial charge is 0.338 e. The number of nitrogens with zero attached hydrogens (tertiary/aromatic N) is 2. The molecule has 1 aliphatic rings. The van der Waals surface area contributed by atoms with Gasteiger partial charge in [-0.1, -0.05) is 30.0 Å². The Balaban J connectivity index is 1.65. The van der Waals surface area contributed by atoms with Crippen molar-refractivity contribution in [2.24, 2.45) is 4.99 Å². The number of carbonyl (C=O) groups is 2. The van der Waals surface area contributed by atoms with Crippen molar-refractivity contribution in [3.05, 3.63) is 59.3 Å². The molecule has 2 heterocycles. The normalized spacial score (nSPS) is 18.0. The molecule has 134 valence electrons. The minimum Gasteiger partial charge on any atom is -0.462 e. The second kappa shape index (κ2) is 8.14. The van der Waals surface area contributed by atoms with E-state index < -0.39 is 0 Å². The first-order valence-corrected chi connectivity index (χ1v) is 9.19. The summed E-state index contributed by atoms with van der Waals surface area (Å²) in [7, 11) is 0. The molecule has 0 aliphatic carbocycles. The van der Waals surface area contributed by atoms with Gasteiger partial charge < -0.3 is 10.1 Å². The van der Waals surface area contributed by atoms with E-state index in [0.717, 1.165) is 11.3 Å². The van der Waals surface area contributed by atoms with Crippen LogP contribution in [0.2, 0.25) is 0 Å². The highest BCUT2D eigenvalue weighted by atomic mass is 32.2. The lowest BCUT2D eigenvalue weighted by atomic mass is 10.1. The summed E-state index contributed by atoms with van der Waals surface area (Å²) in [6.07, 6.45) is 0.555. The average Bonchev–Trinajstić information content (AvgIpc) is 2.95. The van der Waals surface area contributed by atoms with Gasteiger partial charge >= 0.3 is 5.97 Å². The largest absolute Gasteiger partial charge is 0.462 e. The van der Waals surface area contributed by atoms with Crippen molar-refractivity contribution in [3.8, 4) is 0 Å². The van der Waals surface area contributed by atoms with E-state index in [9.17, 15) is 9.59 Å². The number of ether oxygens (including phenoxy) is 1. The molecule has 0 spiro atoms. The van der Waals surface area contributed by atoms with Crippen LogP contribution in [0.5, 0.6) is 0 Å². The molecule has 0 radical (unpaired) electrons. The lowest BCUT2D eigenvalue weighted by molar-refractivity contribution is -0.118. The summed E-state index contributed by atoms with van der Waals surface area (Å²) in [5.74, 6) is 0.162. The van der Waals surface area contributed by atoms with Gasteiger partial charge in [0.05, 0.1) is 17.4 Å². The van der Waals surface area contributed by atoms with E-state index in [4.69, 9.17) is 4.74 Å². The summed E-state index contributed by atoms with van der Waals surface area (Å²) in [5.41, 5.74) is 2.35. The molecule has 1 fully saturated rings. The van der Waals surface area contributed by atoms with E-state index >= 15 is 0 Å². The van der Waals surface area contributed by atoms with Crippen LogP contribution in [0, 0.1) is 6.92 Å². The average molecular weight is 369 g/mol. The number of esters is 1. The molecule has 26 heavy (non-hydrogen) atoms. The highest BCUT2D eigenvalue weighted by molar-refractivity contribution is 8.15. The summed E-state index contributed by atoms with van der Waals surface area (Å²) in [4.78, 5) is 32.6. The SMILES string of the molecule is CCOC(=O)c1ccc(C[C@H]2S/C(=N/c3cccc(C)n3)NC2=O)cc1. The van der Waals surface area contributed by atoms with E-state index in [2.05, 4.69) is 15.3 Å². The van der Waals surface area contributed by atoms with Crippen molar-refractivity contribution in [1.82, 2.24) is 10.3 Å². The number of amides is 1. The molecule has 0 bridgehead atoms. The third kappa shape index (κ3) is 4.49. The third-order valence-electron chi connectivity index (χ3n) is 3.75. The molecule has 1 atom stereocenters. The Labute approximate surface area is 156 Å². The summed E-state index contributed by atoms with van der Waals surface area (Å²) in [6, 6.07) is 12.7. The molecule has 1 aromatic carbocycles. The molecule has 1 aromatic heterocycles. The summed E-state index contributed by atoms with van der Waals surface area (Å²) in [6.45, 7) is 4.01. The minimum absolute atomic E-state index is 0.0733. The van der Waals surface area contributed by atoms with Crippen LogP contribution in [-0.2, 0) is 16.0 Å². The van der Waals surface area contributed by atoms with Crippen LogP contribution in [0.3, 0.4) is 0 Å². The fourth-order valence-corrected chi connectivity index (χ4v) is 3.51. The Kier molecular flexibility index (Phi) is 5.68. The second-order valence-electron chi connectivity index (χ2n) is 5.77. The van der Waals surface area contributed by atoms with Gasteiger partial charge in [-0.2, -0.15) is 0 Å². The fraction of sp³-hybridized carbons (Fsp3) is 0.263. The van der Waals surface area contributed by atoms with E-state index in [0.29, 0.717) is 29.6 Å². The van der Waals surface area contributed by atoms with Gasteiger partial charge in [0.2, 0.25) is 5.91 Å². The molecular weight excluding hydrogens is 350 g/mol. The van der Waals surface area contributed by atoms with Crippen molar-refractivity contribution in [1.29, 1.82) is 0 Å². The molecule has 0 unspecified atom stereocenters. The van der Waals surface area contributed by atoms with Gasteiger partial charge in [-0.15, -0.1) is 0 Å². The maximum atomic E-state index is 12.2. The first kappa shape index (κ1) is 18.1. The van der Waals surface area contributed by atoms with E-state index in [1.807, 2.05) is 31.2 Å². The molecule has 1 aliphatic heterocycles. The zero-order chi connectivity index (χ0) is 18.5. The monoisotopic (exact) mass is 369 g/mol. The Hall–Kier alpha value is -2.67. The topological polar surface area (TPSA) is 80.7 Å². The van der Waals surface area contributed by atoms with Crippen LogP contribution in [0.4, 0.5) is 5.82 Å². The molecule has 3 rings (SSSR count). The molecule has 1 saturated heterocycles. The van der Waals surface area contributed by atoms with Crippen molar-refractivity contribution < 1.29 is 14.3 Å². The van der Waals surface area contributed by atoms with Gasteiger partial charge in [0.1, 0.15) is 0 Å². The van der Waals surface area contributed by atoms with Crippen LogP contribution in [-0.4, -0.2) is 33.9 Å². The molecule has 7 heteroatoms. The Morgan fingerprint density at radius 2 is 2.04 bits per heavy atom. The zero-order valence-corrected chi connectivity index (χ0v) is 15.4. The minimum atomic E-state index is -0.341. The van der Waals surface area contributed by atoms with Crippen LogP contribution < -0.4 is 5.32 Å². The standard InChI is InChI=1S/C19H19N3O3S/c1-3-25-18(24)14-9-7-13(8-10-14)11-15-17(23)22-19(26-15)21-16-6-4-5-12(2)20-16/h4-10,15H,3,11H2,1-2H3,(H,20,21,22,23)/t15-/m1/s1. The number of aryl methyl sites for hydroxylation is 1. The number of pyridine rings is 1. The molecule has 1 N–H and O–H groups in total. The highest BCUT2D eigenvalue weighted by Gasteiger charge is 2.30. The van der Waals surface area contributed by atoms with Gasteiger partial charge in [0, 0.05) is 5.69 Å². The van der Waals surface area contributed by atoms with Gasteiger partial charge in [-0.3, -0.25) is 4.79 Å². The maximum absolute atomic E-state index is 12.2. The number of carbonyl (C=O) groups excluding carboxylic acids is 2. The molecule has 6 nitrogen and oxygen atoms in total. The van der Waals surface area contributed by atoms with Crippen molar-refractivity contribution in [3.63, 3.8) is 0 Å². The van der Waals surface area contributed by atoms with Crippen molar-refractivity contribution >= 4 is 34.6 Å². The maximum Gasteiger partial charge on any atom is 0.338 e. The lowest BCUT2D eigenvalue weighted by Crippen LogP contribution is -2.26. The third-order valence-corrected chi connectivity index (χ3v) is 4.83. The first-order chi connectivity index (χ1) is 12.5. The molecule has 1 amide bonds. The van der Waals surface area contributed by atoms with Crippen LogP contribution in [0.15, 0.2) is 47.5 Å².